The number of sulfonamides is 1. The van der Waals surface area contributed by atoms with E-state index in [1.807, 2.05) is 0 Å². The maximum Gasteiger partial charge on any atom is 0.281 e. The zero-order valence-corrected chi connectivity index (χ0v) is 12.9. The number of hydrogen-bond acceptors (Lipinski definition) is 4. The Bertz CT molecular complexity index is 761. The molecule has 0 unspecified atom stereocenters. The molecule has 21 heavy (non-hydrogen) atoms. The molecule has 9 heteroatoms. The van der Waals surface area contributed by atoms with Crippen LogP contribution in [0.5, 0.6) is 0 Å². The molecule has 0 amide bonds. The molecule has 0 bridgehead atoms. The van der Waals surface area contributed by atoms with Crippen LogP contribution in [0.3, 0.4) is 0 Å². The predicted molar refractivity (Wildman–Crippen MR) is 78.3 cm³/mol. The predicted octanol–water partition coefficient (Wildman–Crippen LogP) is 2.03. The molecule has 0 aliphatic carbocycles. The van der Waals surface area contributed by atoms with Gasteiger partial charge in [-0.2, -0.15) is 13.5 Å². The number of rotatable bonds is 5. The number of hydrogen-bond donors (Lipinski definition) is 3. The summed E-state index contributed by atoms with van der Waals surface area (Å²) in [6.07, 6.45) is 0. The van der Waals surface area contributed by atoms with Gasteiger partial charge in [0.15, 0.2) is 0 Å². The lowest BCUT2D eigenvalue weighted by atomic mass is 10.3. The fourth-order valence-corrected chi connectivity index (χ4v) is 3.23. The van der Waals surface area contributed by atoms with Crippen molar-refractivity contribution in [3.8, 4) is 0 Å². The third kappa shape index (κ3) is 3.34. The summed E-state index contributed by atoms with van der Waals surface area (Å²) in [4.78, 5) is 0. The Morgan fingerprint density at radius 3 is 2.76 bits per heavy atom. The van der Waals surface area contributed by atoms with Crippen LogP contribution in [0, 0.1) is 12.7 Å². The van der Waals surface area contributed by atoms with Gasteiger partial charge >= 0.3 is 0 Å². The van der Waals surface area contributed by atoms with Crippen LogP contribution < -0.4 is 10.0 Å². The summed E-state index contributed by atoms with van der Waals surface area (Å²) in [6.45, 7) is 2.03. The third-order valence-electron chi connectivity index (χ3n) is 2.82. The van der Waals surface area contributed by atoms with E-state index in [-0.39, 0.29) is 15.7 Å². The number of aromatic nitrogens is 2. The second-order valence-electron chi connectivity index (χ2n) is 4.39. The van der Waals surface area contributed by atoms with E-state index in [9.17, 15) is 12.8 Å². The lowest BCUT2D eigenvalue weighted by Crippen LogP contribution is -2.18. The Morgan fingerprint density at radius 2 is 2.14 bits per heavy atom. The Morgan fingerprint density at radius 1 is 1.43 bits per heavy atom. The Balaban J connectivity index is 2.39. The van der Waals surface area contributed by atoms with E-state index in [4.69, 9.17) is 11.6 Å². The molecule has 114 valence electrons. The zero-order chi connectivity index (χ0) is 15.6. The van der Waals surface area contributed by atoms with Crippen LogP contribution in [0.2, 0.25) is 5.02 Å². The van der Waals surface area contributed by atoms with E-state index in [2.05, 4.69) is 20.2 Å². The minimum Gasteiger partial charge on any atom is -0.316 e. The highest BCUT2D eigenvalue weighted by Gasteiger charge is 2.24. The topological polar surface area (TPSA) is 86.9 Å². The van der Waals surface area contributed by atoms with Gasteiger partial charge in [0.2, 0.25) is 5.03 Å². The molecule has 0 atom stereocenters. The van der Waals surface area contributed by atoms with E-state index < -0.39 is 15.8 Å². The monoisotopic (exact) mass is 332 g/mol. The van der Waals surface area contributed by atoms with Crippen molar-refractivity contribution >= 4 is 27.3 Å². The largest absolute Gasteiger partial charge is 0.316 e. The van der Waals surface area contributed by atoms with Crippen molar-refractivity contribution in [3.63, 3.8) is 0 Å². The summed E-state index contributed by atoms with van der Waals surface area (Å²) in [5.74, 6) is -0.756. The third-order valence-corrected chi connectivity index (χ3v) is 4.39. The van der Waals surface area contributed by atoms with Gasteiger partial charge in [0.05, 0.1) is 5.69 Å². The first-order valence-electron chi connectivity index (χ1n) is 6.01. The number of aromatic amines is 1. The first-order chi connectivity index (χ1) is 9.85. The number of aryl methyl sites for hydroxylation is 1. The Hall–Kier alpha value is -1.64. The fourth-order valence-electron chi connectivity index (χ4n) is 1.80. The highest BCUT2D eigenvalue weighted by Crippen LogP contribution is 2.23. The van der Waals surface area contributed by atoms with Gasteiger partial charge in [0.25, 0.3) is 10.0 Å². The number of nitrogens with one attached hydrogen (secondary N) is 3. The zero-order valence-electron chi connectivity index (χ0n) is 11.4. The second kappa shape index (κ2) is 6.00. The van der Waals surface area contributed by atoms with Crippen molar-refractivity contribution < 1.29 is 12.8 Å². The molecule has 6 nitrogen and oxygen atoms in total. The van der Waals surface area contributed by atoms with Crippen molar-refractivity contribution in [2.45, 2.75) is 18.5 Å². The molecule has 2 aromatic rings. The number of H-pyrrole nitrogens is 1. The van der Waals surface area contributed by atoms with Gasteiger partial charge < -0.3 is 5.32 Å². The van der Waals surface area contributed by atoms with Gasteiger partial charge in [-0.15, -0.1) is 0 Å². The number of anilines is 1. The average Bonchev–Trinajstić information content (AvgIpc) is 2.76. The molecule has 0 saturated heterocycles. The lowest BCUT2D eigenvalue weighted by Gasteiger charge is -2.09. The van der Waals surface area contributed by atoms with Gasteiger partial charge in [-0.1, -0.05) is 11.6 Å². The molecule has 0 aliphatic heterocycles. The Kier molecular flexibility index (Phi) is 4.50. The summed E-state index contributed by atoms with van der Waals surface area (Å²) < 4.78 is 40.5. The standard InChI is InChI=1S/C12H14ClFN4O2S/c1-7-9(6-15-2)12(17-16-7)21(19,20)18-11-4-3-8(13)5-10(11)14/h3-5,15,18H,6H2,1-2H3,(H,16,17). The minimum absolute atomic E-state index is 0.163. The molecule has 0 aliphatic rings. The van der Waals surface area contributed by atoms with Crippen LogP contribution in [0.1, 0.15) is 11.3 Å². The van der Waals surface area contributed by atoms with E-state index in [0.29, 0.717) is 17.8 Å². The van der Waals surface area contributed by atoms with Crippen LogP contribution in [0.25, 0.3) is 0 Å². The van der Waals surface area contributed by atoms with Gasteiger partial charge in [0, 0.05) is 22.8 Å². The van der Waals surface area contributed by atoms with Crippen molar-refractivity contribution in [3.05, 3.63) is 40.3 Å². The molecular formula is C12H14ClFN4O2S. The van der Waals surface area contributed by atoms with Crippen LogP contribution in [0.4, 0.5) is 10.1 Å². The number of halogens is 2. The fraction of sp³-hybridized carbons (Fsp3) is 0.250. The highest BCUT2D eigenvalue weighted by molar-refractivity contribution is 7.92. The highest BCUT2D eigenvalue weighted by atomic mass is 35.5. The van der Waals surface area contributed by atoms with E-state index in [0.717, 1.165) is 6.07 Å². The van der Waals surface area contributed by atoms with Gasteiger partial charge in [-0.05, 0) is 32.2 Å². The maximum absolute atomic E-state index is 13.7. The second-order valence-corrected chi connectivity index (χ2v) is 6.43. The molecule has 3 N–H and O–H groups in total. The first-order valence-corrected chi connectivity index (χ1v) is 7.87. The minimum atomic E-state index is -4.00. The van der Waals surface area contributed by atoms with Crippen LogP contribution in [0.15, 0.2) is 23.2 Å². The molecular weight excluding hydrogens is 319 g/mol. The van der Waals surface area contributed by atoms with Crippen LogP contribution >= 0.6 is 11.6 Å². The van der Waals surface area contributed by atoms with Crippen molar-refractivity contribution in [2.75, 3.05) is 11.8 Å². The van der Waals surface area contributed by atoms with Crippen molar-refractivity contribution in [1.82, 2.24) is 15.5 Å². The lowest BCUT2D eigenvalue weighted by molar-refractivity contribution is 0.592. The molecule has 1 aromatic carbocycles. The quantitative estimate of drug-likeness (QED) is 0.782. The first kappa shape index (κ1) is 15.7. The molecule has 0 saturated carbocycles. The molecule has 1 aromatic heterocycles. The van der Waals surface area contributed by atoms with E-state index in [1.165, 1.54) is 12.1 Å². The van der Waals surface area contributed by atoms with Crippen LogP contribution in [-0.4, -0.2) is 25.7 Å². The van der Waals surface area contributed by atoms with E-state index in [1.54, 1.807) is 14.0 Å². The smallest absolute Gasteiger partial charge is 0.281 e. The molecule has 0 fully saturated rings. The molecule has 0 radical (unpaired) electrons. The molecule has 0 spiro atoms. The van der Waals surface area contributed by atoms with Gasteiger partial charge in [0.1, 0.15) is 5.82 Å². The van der Waals surface area contributed by atoms with Crippen molar-refractivity contribution in [1.29, 1.82) is 0 Å². The molecule has 1 heterocycles. The summed E-state index contributed by atoms with van der Waals surface area (Å²) in [5.41, 5.74) is 0.941. The summed E-state index contributed by atoms with van der Waals surface area (Å²) >= 11 is 5.63. The van der Waals surface area contributed by atoms with Gasteiger partial charge in [-0.3, -0.25) is 9.82 Å². The average molecular weight is 333 g/mol. The summed E-state index contributed by atoms with van der Waals surface area (Å²) in [6, 6.07) is 3.68. The summed E-state index contributed by atoms with van der Waals surface area (Å²) in [5, 5.41) is 9.28. The van der Waals surface area contributed by atoms with E-state index >= 15 is 0 Å². The maximum atomic E-state index is 13.7. The molecule has 2 rings (SSSR count). The van der Waals surface area contributed by atoms with Gasteiger partial charge in [-0.25, -0.2) is 4.39 Å². The SMILES string of the molecule is CNCc1c(S(=O)(=O)Nc2ccc(Cl)cc2F)n[nH]c1C. The van der Waals surface area contributed by atoms with Crippen molar-refractivity contribution in [2.24, 2.45) is 0 Å². The normalized spacial score (nSPS) is 11.6. The summed E-state index contributed by atoms with van der Waals surface area (Å²) in [7, 11) is -2.31. The Labute approximate surface area is 126 Å². The van der Waals surface area contributed by atoms with Crippen LogP contribution in [-0.2, 0) is 16.6 Å². The number of nitrogens with zero attached hydrogens (tertiary/aromatic N) is 1. The number of benzene rings is 1.